The number of amides is 1. The summed E-state index contributed by atoms with van der Waals surface area (Å²) in [5.74, 6) is 0.726. The molecular weight excluding hydrogens is 257 g/mol. The number of hydrogen-bond donors (Lipinski definition) is 1. The summed E-state index contributed by atoms with van der Waals surface area (Å²) in [6.45, 7) is 0.660. The predicted octanol–water partition coefficient (Wildman–Crippen LogP) is 3.04. The van der Waals surface area contributed by atoms with E-state index in [9.17, 15) is 14.3 Å². The molecular formula is C16H20FNO2. The number of hydrogen-bond acceptors (Lipinski definition) is 2. The third-order valence-corrected chi connectivity index (χ3v) is 4.95. The van der Waals surface area contributed by atoms with Gasteiger partial charge in [-0.15, -0.1) is 0 Å². The first kappa shape index (κ1) is 13.4. The molecule has 3 atom stereocenters. The van der Waals surface area contributed by atoms with Crippen molar-refractivity contribution in [2.24, 2.45) is 17.8 Å². The molecule has 2 saturated carbocycles. The summed E-state index contributed by atoms with van der Waals surface area (Å²) >= 11 is 0. The predicted molar refractivity (Wildman–Crippen MR) is 74.0 cm³/mol. The zero-order chi connectivity index (χ0) is 14.3. The molecule has 20 heavy (non-hydrogen) atoms. The van der Waals surface area contributed by atoms with Crippen molar-refractivity contribution in [3.63, 3.8) is 0 Å². The van der Waals surface area contributed by atoms with E-state index in [1.807, 2.05) is 0 Å². The van der Waals surface area contributed by atoms with Crippen LogP contribution < -0.4 is 0 Å². The average molecular weight is 277 g/mol. The smallest absolute Gasteiger partial charge is 0.260 e. The molecule has 0 radical (unpaired) electrons. The lowest BCUT2D eigenvalue weighted by atomic mass is 9.88. The maximum Gasteiger partial charge on any atom is 0.260 e. The van der Waals surface area contributed by atoms with E-state index < -0.39 is 11.7 Å². The van der Waals surface area contributed by atoms with Crippen LogP contribution in [-0.2, 0) is 0 Å². The number of halogens is 1. The lowest BCUT2D eigenvalue weighted by molar-refractivity contribution is 0.0746. The Balaban J connectivity index is 1.71. The Bertz CT molecular complexity index is 511. The monoisotopic (exact) mass is 277 g/mol. The van der Waals surface area contributed by atoms with E-state index in [1.54, 1.807) is 11.9 Å². The number of phenolic OH excluding ortho intramolecular Hbond substituents is 1. The maximum atomic E-state index is 13.7. The molecule has 0 heterocycles. The van der Waals surface area contributed by atoms with Crippen LogP contribution in [0.2, 0.25) is 0 Å². The number of aromatic hydroxyl groups is 1. The average Bonchev–Trinajstić information content (AvgIpc) is 3.00. The number of benzene rings is 1. The lowest BCUT2D eigenvalue weighted by Crippen LogP contribution is -2.34. The summed E-state index contributed by atoms with van der Waals surface area (Å²) in [6.07, 6.45) is 5.07. The second-order valence-electron chi connectivity index (χ2n) is 6.25. The molecule has 4 heteroatoms. The largest absolute Gasteiger partial charge is 0.507 e. The van der Waals surface area contributed by atoms with Gasteiger partial charge in [-0.3, -0.25) is 4.79 Å². The van der Waals surface area contributed by atoms with Gasteiger partial charge in [0.2, 0.25) is 0 Å². The summed E-state index contributed by atoms with van der Waals surface area (Å²) in [4.78, 5) is 13.9. The van der Waals surface area contributed by atoms with Crippen LogP contribution in [0.3, 0.4) is 0 Å². The van der Waals surface area contributed by atoms with Gasteiger partial charge in [0.25, 0.3) is 5.91 Å². The van der Waals surface area contributed by atoms with E-state index in [0.717, 1.165) is 11.8 Å². The summed E-state index contributed by atoms with van der Waals surface area (Å²) in [5.41, 5.74) is -0.210. The minimum Gasteiger partial charge on any atom is -0.507 e. The Hall–Kier alpha value is -1.58. The molecule has 2 bridgehead atoms. The SMILES string of the molecule is CN(CC1CC2CCC1C2)C(=O)c1c(O)cccc1F. The highest BCUT2D eigenvalue weighted by Gasteiger charge is 2.40. The topological polar surface area (TPSA) is 40.5 Å². The van der Waals surface area contributed by atoms with Gasteiger partial charge in [-0.2, -0.15) is 0 Å². The molecule has 2 aliphatic rings. The Morgan fingerprint density at radius 1 is 1.40 bits per heavy atom. The van der Waals surface area contributed by atoms with E-state index in [0.29, 0.717) is 12.5 Å². The number of phenols is 1. The van der Waals surface area contributed by atoms with Gasteiger partial charge >= 0.3 is 0 Å². The Morgan fingerprint density at radius 2 is 2.20 bits per heavy atom. The number of carbonyl (C=O) groups excluding carboxylic acids is 1. The Labute approximate surface area is 118 Å². The molecule has 1 amide bonds. The molecule has 2 aliphatic carbocycles. The van der Waals surface area contributed by atoms with Crippen molar-refractivity contribution in [3.05, 3.63) is 29.6 Å². The van der Waals surface area contributed by atoms with Crippen LogP contribution in [0.5, 0.6) is 5.75 Å². The highest BCUT2D eigenvalue weighted by molar-refractivity contribution is 5.96. The maximum absolute atomic E-state index is 13.7. The van der Waals surface area contributed by atoms with Gasteiger partial charge < -0.3 is 10.0 Å². The molecule has 0 spiro atoms. The molecule has 1 N–H and O–H groups in total. The van der Waals surface area contributed by atoms with E-state index in [1.165, 1.54) is 43.9 Å². The van der Waals surface area contributed by atoms with Gasteiger partial charge in [0.15, 0.2) is 0 Å². The number of rotatable bonds is 3. The third-order valence-electron chi connectivity index (χ3n) is 4.95. The van der Waals surface area contributed by atoms with Gasteiger partial charge in [0, 0.05) is 13.6 Å². The molecule has 0 saturated heterocycles. The van der Waals surface area contributed by atoms with Crippen molar-refractivity contribution in [3.8, 4) is 5.75 Å². The van der Waals surface area contributed by atoms with Crippen molar-refractivity contribution >= 4 is 5.91 Å². The fourth-order valence-corrected chi connectivity index (χ4v) is 3.95. The molecule has 2 fully saturated rings. The molecule has 3 unspecified atom stereocenters. The van der Waals surface area contributed by atoms with Gasteiger partial charge in [-0.05, 0) is 49.1 Å². The Morgan fingerprint density at radius 3 is 2.80 bits per heavy atom. The number of fused-ring (bicyclic) bond motifs is 2. The second-order valence-corrected chi connectivity index (χ2v) is 6.25. The zero-order valence-electron chi connectivity index (χ0n) is 11.7. The molecule has 1 aromatic rings. The molecule has 0 aliphatic heterocycles. The third kappa shape index (κ3) is 2.28. The van der Waals surface area contributed by atoms with Gasteiger partial charge in [0.1, 0.15) is 17.1 Å². The van der Waals surface area contributed by atoms with Gasteiger partial charge in [0.05, 0.1) is 0 Å². The van der Waals surface area contributed by atoms with Crippen LogP contribution in [0, 0.1) is 23.6 Å². The fourth-order valence-electron chi connectivity index (χ4n) is 3.95. The van der Waals surface area contributed by atoms with Crippen molar-refractivity contribution in [1.82, 2.24) is 4.90 Å². The van der Waals surface area contributed by atoms with Crippen molar-refractivity contribution in [2.45, 2.75) is 25.7 Å². The molecule has 108 valence electrons. The van der Waals surface area contributed by atoms with Gasteiger partial charge in [-0.25, -0.2) is 4.39 Å². The normalized spacial score (nSPS) is 27.8. The van der Waals surface area contributed by atoms with Crippen molar-refractivity contribution < 1.29 is 14.3 Å². The molecule has 3 nitrogen and oxygen atoms in total. The summed E-state index contributed by atoms with van der Waals surface area (Å²) in [7, 11) is 1.69. The van der Waals surface area contributed by atoms with Crippen molar-refractivity contribution in [1.29, 1.82) is 0 Å². The quantitative estimate of drug-likeness (QED) is 0.922. The van der Waals surface area contributed by atoms with Crippen LogP contribution in [0.1, 0.15) is 36.0 Å². The summed E-state index contributed by atoms with van der Waals surface area (Å²) < 4.78 is 13.7. The number of carbonyl (C=O) groups is 1. The lowest BCUT2D eigenvalue weighted by Gasteiger charge is -2.27. The van der Waals surface area contributed by atoms with Crippen molar-refractivity contribution in [2.75, 3.05) is 13.6 Å². The first-order chi connectivity index (χ1) is 9.56. The minimum atomic E-state index is -0.658. The van der Waals surface area contributed by atoms with E-state index >= 15 is 0 Å². The van der Waals surface area contributed by atoms with Crippen LogP contribution in [0.25, 0.3) is 0 Å². The van der Waals surface area contributed by atoms with E-state index in [2.05, 4.69) is 0 Å². The number of nitrogens with zero attached hydrogens (tertiary/aromatic N) is 1. The van der Waals surface area contributed by atoms with Crippen LogP contribution >= 0.6 is 0 Å². The first-order valence-electron chi connectivity index (χ1n) is 7.29. The Kier molecular flexibility index (Phi) is 3.40. The highest BCUT2D eigenvalue weighted by Crippen LogP contribution is 2.48. The summed E-state index contributed by atoms with van der Waals surface area (Å²) in [6, 6.07) is 3.96. The van der Waals surface area contributed by atoms with Crippen LogP contribution in [0.15, 0.2) is 18.2 Å². The summed E-state index contributed by atoms with van der Waals surface area (Å²) in [5, 5.41) is 9.69. The van der Waals surface area contributed by atoms with Crippen LogP contribution in [-0.4, -0.2) is 29.5 Å². The van der Waals surface area contributed by atoms with E-state index in [-0.39, 0.29) is 11.3 Å². The molecule has 1 aromatic carbocycles. The van der Waals surface area contributed by atoms with E-state index in [4.69, 9.17) is 0 Å². The molecule has 0 aromatic heterocycles. The minimum absolute atomic E-state index is 0.210. The van der Waals surface area contributed by atoms with Crippen LogP contribution in [0.4, 0.5) is 4.39 Å². The fraction of sp³-hybridized carbons (Fsp3) is 0.562. The standard InChI is InChI=1S/C16H20FNO2/c1-18(9-12-8-10-5-6-11(12)7-10)16(20)15-13(17)3-2-4-14(15)19/h2-4,10-12,19H,5-9H2,1H3. The first-order valence-corrected chi connectivity index (χ1v) is 7.29. The zero-order valence-corrected chi connectivity index (χ0v) is 11.7. The molecule has 3 rings (SSSR count). The van der Waals surface area contributed by atoms with Gasteiger partial charge in [-0.1, -0.05) is 12.5 Å². The highest BCUT2D eigenvalue weighted by atomic mass is 19.1. The second kappa shape index (κ2) is 5.08.